The molecule has 10 heteroatoms. The number of fused-ring (bicyclic) bond motifs is 11. The van der Waals surface area contributed by atoms with E-state index >= 15 is 0 Å². The molecule has 0 unspecified atom stereocenters. The lowest BCUT2D eigenvalue weighted by Crippen LogP contribution is -2.48. The van der Waals surface area contributed by atoms with Crippen molar-refractivity contribution < 1.29 is 24.2 Å². The van der Waals surface area contributed by atoms with Crippen molar-refractivity contribution in [1.82, 2.24) is 19.6 Å². The van der Waals surface area contributed by atoms with Gasteiger partial charge in [0.25, 0.3) is 0 Å². The fourth-order valence-corrected chi connectivity index (χ4v) is 3.66. The van der Waals surface area contributed by atoms with Gasteiger partial charge in [0.2, 0.25) is 0 Å². The van der Waals surface area contributed by atoms with Crippen molar-refractivity contribution in [3.05, 3.63) is 0 Å². The molecule has 0 aromatic carbocycles. The number of rotatable bonds is 5. The van der Waals surface area contributed by atoms with Crippen LogP contribution >= 0.6 is 8.60 Å². The van der Waals surface area contributed by atoms with Gasteiger partial charge in [-0.15, -0.1) is 0 Å². The molecule has 3 aliphatic rings. The Labute approximate surface area is 150 Å². The van der Waals surface area contributed by atoms with Crippen molar-refractivity contribution in [3.63, 3.8) is 0 Å². The molecule has 0 aliphatic carbocycles. The van der Waals surface area contributed by atoms with Crippen molar-refractivity contribution in [3.8, 4) is 0 Å². The molecule has 3 aliphatic heterocycles. The summed E-state index contributed by atoms with van der Waals surface area (Å²) in [5.41, 5.74) is 0. The number of nitrogens with zero attached hydrogens (tertiary/aromatic N) is 4. The first-order chi connectivity index (χ1) is 12.0. The average molecular weight is 378 g/mol. The first-order valence-corrected chi connectivity index (χ1v) is 10.1. The predicted octanol–water partition coefficient (Wildman–Crippen LogP) is -0.728. The molecule has 3 saturated heterocycles. The molecule has 25 heavy (non-hydrogen) atoms. The van der Waals surface area contributed by atoms with Crippen LogP contribution in [0.1, 0.15) is 12.8 Å². The Kier molecular flexibility index (Phi) is 9.51. The number of carboxylic acid groups (broad SMARTS) is 1. The molecule has 0 spiro atoms. The molecule has 0 aromatic rings. The van der Waals surface area contributed by atoms with Crippen LogP contribution in [0.5, 0.6) is 0 Å². The summed E-state index contributed by atoms with van der Waals surface area (Å²) in [5.74, 6) is -0.813. The van der Waals surface area contributed by atoms with Crippen LogP contribution in [0.15, 0.2) is 0 Å². The summed E-state index contributed by atoms with van der Waals surface area (Å²) in [6, 6.07) is 0. The highest BCUT2D eigenvalue weighted by atomic mass is 31.2. The van der Waals surface area contributed by atoms with Gasteiger partial charge in [-0.3, -0.25) is 19.1 Å². The number of hydrogen-bond acceptors (Lipinski definition) is 8. The van der Waals surface area contributed by atoms with E-state index in [1.54, 1.807) is 0 Å². The number of carboxylic acids is 1. The van der Waals surface area contributed by atoms with Crippen molar-refractivity contribution >= 4 is 14.6 Å². The Morgan fingerprint density at radius 3 is 1.84 bits per heavy atom. The zero-order valence-corrected chi connectivity index (χ0v) is 15.7. The molecular weight excluding hydrogens is 347 g/mol. The molecule has 2 bridgehead atoms. The quantitative estimate of drug-likeness (QED) is 0.535. The fourth-order valence-electron chi connectivity index (χ4n) is 3.39. The molecule has 0 aromatic heterocycles. The molecule has 3 N–H and O–H groups in total. The highest BCUT2D eigenvalue weighted by molar-refractivity contribution is 7.39. The van der Waals surface area contributed by atoms with E-state index in [9.17, 15) is 4.79 Å². The number of hydrogen-bond donors (Lipinski definition) is 3. The topological polar surface area (TPSA) is 100.0 Å². The molecule has 0 atom stereocenters. The Hall–Kier alpha value is -0.380. The van der Waals surface area contributed by atoms with Crippen LogP contribution in [0.25, 0.3) is 0 Å². The summed E-state index contributed by atoms with van der Waals surface area (Å²) in [5, 5.41) is 9.12. The first-order valence-electron chi connectivity index (χ1n) is 8.95. The van der Waals surface area contributed by atoms with Crippen LogP contribution in [-0.2, 0) is 9.32 Å². The molecule has 3 heterocycles. The van der Waals surface area contributed by atoms with Crippen LogP contribution in [0.4, 0.5) is 0 Å². The van der Waals surface area contributed by atoms with Gasteiger partial charge in [-0.25, -0.2) is 0 Å². The Morgan fingerprint density at radius 2 is 1.32 bits per heavy atom. The summed E-state index contributed by atoms with van der Waals surface area (Å²) in [6.45, 7) is 9.37. The van der Waals surface area contributed by atoms with E-state index < -0.39 is 14.6 Å². The molecule has 3 rings (SSSR count). The van der Waals surface area contributed by atoms with Crippen LogP contribution < -0.4 is 0 Å². The number of aliphatic carboxylic acids is 1. The van der Waals surface area contributed by atoms with E-state index in [0.717, 1.165) is 65.2 Å². The lowest BCUT2D eigenvalue weighted by atomic mass is 10.2. The smallest absolute Gasteiger partial charge is 0.328 e. The van der Waals surface area contributed by atoms with Crippen molar-refractivity contribution in [2.75, 3.05) is 78.7 Å². The van der Waals surface area contributed by atoms with Gasteiger partial charge in [-0.05, 0) is 25.9 Å². The van der Waals surface area contributed by atoms with Gasteiger partial charge >= 0.3 is 14.6 Å². The van der Waals surface area contributed by atoms with Crippen LogP contribution in [0.3, 0.4) is 0 Å². The molecule has 0 amide bonds. The van der Waals surface area contributed by atoms with E-state index in [1.807, 2.05) is 9.80 Å². The van der Waals surface area contributed by atoms with E-state index in [-0.39, 0.29) is 13.3 Å². The molecule has 0 radical (unpaired) electrons. The molecule has 146 valence electrons. The lowest BCUT2D eigenvalue weighted by molar-refractivity contribution is -0.138. The van der Waals surface area contributed by atoms with Gasteiger partial charge in [0.15, 0.2) is 0 Å². The number of carbonyl (C=O) groups is 1. The minimum Gasteiger partial charge on any atom is -0.480 e. The monoisotopic (exact) mass is 378 g/mol. The predicted molar refractivity (Wildman–Crippen MR) is 95.1 cm³/mol. The molecule has 3 fully saturated rings. The van der Waals surface area contributed by atoms with E-state index in [0.29, 0.717) is 13.1 Å². The van der Waals surface area contributed by atoms with Gasteiger partial charge < -0.3 is 24.7 Å². The second kappa shape index (κ2) is 11.4. The summed E-state index contributed by atoms with van der Waals surface area (Å²) in [6.07, 6.45) is 1.94. The van der Waals surface area contributed by atoms with Crippen molar-refractivity contribution in [2.24, 2.45) is 0 Å². The second-order valence-corrected chi connectivity index (χ2v) is 7.45. The largest absolute Gasteiger partial charge is 0.480 e. The summed E-state index contributed by atoms with van der Waals surface area (Å²) >= 11 is 0. The third-order valence-electron chi connectivity index (χ3n) is 4.81. The SMILES string of the molecule is O=C(O)CN1CCCN2CCN(CCCN(COP(O)O)CC1)CC2. The highest BCUT2D eigenvalue weighted by Crippen LogP contribution is 2.24. The van der Waals surface area contributed by atoms with Gasteiger partial charge in [-0.2, -0.15) is 0 Å². The Bertz CT molecular complexity index is 396. The van der Waals surface area contributed by atoms with Crippen LogP contribution in [0.2, 0.25) is 0 Å². The minimum atomic E-state index is -2.37. The molecule has 0 saturated carbocycles. The summed E-state index contributed by atoms with van der Waals surface area (Å²) in [4.78, 5) is 38.0. The average Bonchev–Trinajstić information content (AvgIpc) is 2.57. The van der Waals surface area contributed by atoms with Crippen LogP contribution in [-0.4, -0.2) is 119 Å². The van der Waals surface area contributed by atoms with Crippen LogP contribution in [0, 0.1) is 0 Å². The Morgan fingerprint density at radius 1 is 0.800 bits per heavy atom. The maximum Gasteiger partial charge on any atom is 0.328 e. The minimum absolute atomic E-state index is 0.0369. The summed E-state index contributed by atoms with van der Waals surface area (Å²) < 4.78 is 4.97. The van der Waals surface area contributed by atoms with Gasteiger partial charge in [0, 0.05) is 52.4 Å². The zero-order valence-electron chi connectivity index (χ0n) is 14.8. The van der Waals surface area contributed by atoms with E-state index in [1.165, 1.54) is 0 Å². The number of piperazine rings is 1. The van der Waals surface area contributed by atoms with Gasteiger partial charge in [0.1, 0.15) is 6.73 Å². The second-order valence-electron chi connectivity index (χ2n) is 6.69. The fraction of sp³-hybridized carbons (Fsp3) is 0.933. The van der Waals surface area contributed by atoms with Crippen molar-refractivity contribution in [1.29, 1.82) is 0 Å². The maximum absolute atomic E-state index is 11.1. The van der Waals surface area contributed by atoms with E-state index in [2.05, 4.69) is 9.80 Å². The maximum atomic E-state index is 11.1. The molecule has 9 nitrogen and oxygen atoms in total. The van der Waals surface area contributed by atoms with Gasteiger partial charge in [-0.1, -0.05) is 0 Å². The highest BCUT2D eigenvalue weighted by Gasteiger charge is 2.19. The normalized spacial score (nSPS) is 28.1. The third-order valence-corrected chi connectivity index (χ3v) is 5.16. The zero-order chi connectivity index (χ0) is 18.1. The molecular formula is C15H31N4O5P. The van der Waals surface area contributed by atoms with E-state index in [4.69, 9.17) is 19.4 Å². The standard InChI is InChI=1S/C15H31N4O5P/c20-15(21)13-18-5-1-3-16-7-9-17(10-8-16)4-2-6-19(12-11-18)14-24-25(22)23/h22-23H,1-14H2,(H,20,21). The lowest BCUT2D eigenvalue weighted by Gasteiger charge is -2.36. The van der Waals surface area contributed by atoms with Crippen molar-refractivity contribution in [2.45, 2.75) is 12.8 Å². The Balaban J connectivity index is 1.92. The first kappa shape index (κ1) is 20.9. The third kappa shape index (κ3) is 8.70. The van der Waals surface area contributed by atoms with Gasteiger partial charge in [0.05, 0.1) is 6.54 Å². The summed E-state index contributed by atoms with van der Waals surface area (Å²) in [7, 11) is -2.37.